The van der Waals surface area contributed by atoms with E-state index in [4.69, 9.17) is 5.26 Å². The van der Waals surface area contributed by atoms with Crippen LogP contribution in [0.5, 0.6) is 0 Å². The third kappa shape index (κ3) is 224. The van der Waals surface area contributed by atoms with Gasteiger partial charge < -0.3 is 18.5 Å². The van der Waals surface area contributed by atoms with Gasteiger partial charge in [0.15, 0.2) is 0 Å². The van der Waals surface area contributed by atoms with Gasteiger partial charge in [0.1, 0.15) is 0 Å². The molecule has 0 fully saturated rings. The Morgan fingerprint density at radius 2 is 0.833 bits per heavy atom. The molecule has 42 valence electrons. The smallest absolute Gasteiger partial charge is 0.0462 e. The molecule has 0 rings (SSSR count). The summed E-state index contributed by atoms with van der Waals surface area (Å²) in [6.07, 6.45) is 0. The topological polar surface area (TPSA) is 129 Å². The molecular weight excluding hydrogens is 103 g/mol. The van der Waals surface area contributed by atoms with Gasteiger partial charge in [-0.3, -0.25) is 0 Å². The summed E-state index contributed by atoms with van der Waals surface area (Å²) in [5.41, 5.74) is 0. The molecule has 0 atom stereocenters. The fourth-order valence-corrected chi connectivity index (χ4v) is 0. The standard InChI is InChI=1S/CHN.ClH.3H3N/c1-2;;;;/h1H;1H;3*1H3. The van der Waals surface area contributed by atoms with Crippen LogP contribution < -0.4 is 18.5 Å². The van der Waals surface area contributed by atoms with Gasteiger partial charge in [-0.25, -0.2) is 5.26 Å². The quantitative estimate of drug-likeness (QED) is 0.435. The first kappa shape index (κ1) is 282. The molecule has 0 aromatic heterocycles. The average Bonchev–Trinajstić information content (AvgIpc) is 1.00. The highest BCUT2D eigenvalue weighted by Crippen LogP contribution is 0.690. The van der Waals surface area contributed by atoms with Crippen molar-refractivity contribution < 1.29 is 0 Å². The van der Waals surface area contributed by atoms with Crippen LogP contribution in [-0.4, -0.2) is 0 Å². The number of nitrogens with zero attached hydrogens (tertiary/aromatic N) is 1. The van der Waals surface area contributed by atoms with Gasteiger partial charge in [-0.05, 0) is 0 Å². The summed E-state index contributed by atoms with van der Waals surface area (Å²) in [5.74, 6) is 0. The zero-order valence-corrected chi connectivity index (χ0v) is 4.37. The lowest BCUT2D eigenvalue weighted by Crippen LogP contribution is -0.569. The molecule has 0 saturated heterocycles. The van der Waals surface area contributed by atoms with E-state index in [0.29, 0.717) is 0 Å². The summed E-state index contributed by atoms with van der Waals surface area (Å²) in [7, 11) is 0. The summed E-state index contributed by atoms with van der Waals surface area (Å²) >= 11 is 0. The van der Waals surface area contributed by atoms with E-state index in [2.05, 4.69) is 6.57 Å². The minimum atomic E-state index is 0. The lowest BCUT2D eigenvalue weighted by Gasteiger charge is -0.668. The van der Waals surface area contributed by atoms with Crippen molar-refractivity contribution in [2.75, 3.05) is 0 Å². The molecule has 0 unspecified atom stereocenters. The van der Waals surface area contributed by atoms with E-state index < -0.39 is 0 Å². The number of rotatable bonds is 0. The summed E-state index contributed by atoms with van der Waals surface area (Å²) in [5, 5.41) is 6.50. The lowest BCUT2D eigenvalue weighted by atomic mass is 11.9. The molecule has 0 radical (unpaired) electrons. The third-order valence-corrected chi connectivity index (χ3v) is 0. The van der Waals surface area contributed by atoms with Crippen molar-refractivity contribution in [3.63, 3.8) is 0 Å². The Hall–Kier alpha value is -0.340. The lowest BCUT2D eigenvalue weighted by molar-refractivity contribution is 1.58. The number of halogens is 1. The van der Waals surface area contributed by atoms with Gasteiger partial charge in [0.05, 0.1) is 0 Å². The second-order valence-electron chi connectivity index (χ2n) is 0. The van der Waals surface area contributed by atoms with E-state index >= 15 is 0 Å². The maximum atomic E-state index is 6.50. The van der Waals surface area contributed by atoms with Crippen LogP contribution in [0.4, 0.5) is 0 Å². The highest BCUT2D eigenvalue weighted by molar-refractivity contribution is 5.85. The summed E-state index contributed by atoms with van der Waals surface area (Å²) in [6, 6.07) is 0. The van der Waals surface area contributed by atoms with Gasteiger partial charge in [-0.2, -0.15) is 0 Å². The van der Waals surface area contributed by atoms with E-state index in [0.717, 1.165) is 0 Å². The van der Waals surface area contributed by atoms with E-state index in [-0.39, 0.29) is 30.9 Å². The Bertz CT molecular complexity index is 12.3. The molecule has 4 nitrogen and oxygen atoms in total. The summed E-state index contributed by atoms with van der Waals surface area (Å²) < 4.78 is 0. The molecule has 0 aliphatic heterocycles. The molecule has 0 spiro atoms. The zero-order chi connectivity index (χ0) is 2.00. The van der Waals surface area contributed by atoms with Crippen LogP contribution in [0, 0.1) is 11.8 Å². The Balaban J connectivity index is -0.000000000833. The molecule has 0 aliphatic rings. The summed E-state index contributed by atoms with van der Waals surface area (Å²) in [6.45, 7) is 3.50. The SMILES string of the molecule is C#N.Cl.N.N.N. The predicted octanol–water partition coefficient (Wildman–Crippen LogP) is 1.05. The minimum absolute atomic E-state index is 0. The minimum Gasteiger partial charge on any atom is -0.344 e. The number of hydrogen-bond donors (Lipinski definition) is 3. The largest absolute Gasteiger partial charge is 0.344 e. The molecular formula is CH11ClN4. The maximum absolute atomic E-state index is 6.50. The van der Waals surface area contributed by atoms with Crippen molar-refractivity contribution in [3.8, 4) is 6.57 Å². The highest BCUT2D eigenvalue weighted by atomic mass is 35.5. The van der Waals surface area contributed by atoms with E-state index in [1.165, 1.54) is 0 Å². The maximum Gasteiger partial charge on any atom is 0.0462 e. The molecule has 0 aliphatic carbocycles. The van der Waals surface area contributed by atoms with Crippen molar-refractivity contribution >= 4 is 12.4 Å². The molecule has 0 aromatic rings. The first-order chi connectivity index (χ1) is 1.00. The Morgan fingerprint density at radius 1 is 0.833 bits per heavy atom. The fourth-order valence-electron chi connectivity index (χ4n) is 0. The van der Waals surface area contributed by atoms with E-state index in [1.54, 1.807) is 0 Å². The van der Waals surface area contributed by atoms with Gasteiger partial charge in [-0.15, -0.1) is 12.4 Å². The van der Waals surface area contributed by atoms with Crippen molar-refractivity contribution in [2.45, 2.75) is 0 Å². The van der Waals surface area contributed by atoms with Crippen LogP contribution >= 0.6 is 12.4 Å². The van der Waals surface area contributed by atoms with Gasteiger partial charge in [0.25, 0.3) is 0 Å². The molecule has 0 aromatic carbocycles. The van der Waals surface area contributed by atoms with Crippen molar-refractivity contribution in [2.24, 2.45) is 0 Å². The molecule has 0 saturated carbocycles. The van der Waals surface area contributed by atoms with E-state index in [9.17, 15) is 0 Å². The number of nitriles is 1. The molecule has 0 heterocycles. The van der Waals surface area contributed by atoms with Crippen molar-refractivity contribution in [1.82, 2.24) is 18.5 Å². The first-order valence-corrected chi connectivity index (χ1v) is 0.258. The van der Waals surface area contributed by atoms with Gasteiger partial charge in [-0.1, -0.05) is 0 Å². The normalized spacial score (nSPS) is 0.333. The van der Waals surface area contributed by atoms with Gasteiger partial charge in [0, 0.05) is 6.57 Å². The van der Waals surface area contributed by atoms with E-state index in [1.807, 2.05) is 0 Å². The zero-order valence-electron chi connectivity index (χ0n) is 3.55. The highest BCUT2D eigenvalue weighted by Gasteiger charge is 0.513. The molecule has 6 heavy (non-hydrogen) atoms. The monoisotopic (exact) mass is 114 g/mol. The Kier molecular flexibility index (Phi) is 25400. The van der Waals surface area contributed by atoms with Crippen LogP contribution in [0.1, 0.15) is 0 Å². The van der Waals surface area contributed by atoms with Crippen LogP contribution in [0.2, 0.25) is 0 Å². The molecule has 0 amide bonds. The van der Waals surface area contributed by atoms with Gasteiger partial charge in [0.2, 0.25) is 0 Å². The average molecular weight is 115 g/mol. The second kappa shape index (κ2) is 540. The predicted molar refractivity (Wildman–Crippen MR) is 29.0 cm³/mol. The first-order valence-electron chi connectivity index (χ1n) is 0.258. The number of hydrogen-bond acceptors (Lipinski definition) is 4. The van der Waals surface area contributed by atoms with Crippen LogP contribution in [0.3, 0.4) is 0 Å². The van der Waals surface area contributed by atoms with Crippen LogP contribution in [0.15, 0.2) is 0 Å². The summed E-state index contributed by atoms with van der Waals surface area (Å²) in [4.78, 5) is 0. The Morgan fingerprint density at radius 3 is 0.833 bits per heavy atom. The van der Waals surface area contributed by atoms with Crippen LogP contribution in [-0.2, 0) is 0 Å². The molecule has 9 N–H and O–H groups in total. The molecule has 0 bridgehead atoms. The van der Waals surface area contributed by atoms with Gasteiger partial charge >= 0.3 is 0 Å². The van der Waals surface area contributed by atoms with Crippen molar-refractivity contribution in [3.05, 3.63) is 0 Å². The Labute approximate surface area is 43.7 Å². The van der Waals surface area contributed by atoms with Crippen LogP contribution in [0.25, 0.3) is 0 Å². The van der Waals surface area contributed by atoms with Crippen molar-refractivity contribution in [1.29, 1.82) is 5.26 Å². The fraction of sp³-hybridized carbons (Fsp3) is 0. The third-order valence-electron chi connectivity index (χ3n) is 0. The second-order valence-corrected chi connectivity index (χ2v) is 0. The molecule has 5 heteroatoms.